The molecule has 0 bridgehead atoms. The molecule has 0 saturated heterocycles. The van der Waals surface area contributed by atoms with Crippen molar-refractivity contribution in [3.8, 4) is 5.75 Å². The van der Waals surface area contributed by atoms with Crippen molar-refractivity contribution in [1.82, 2.24) is 10.2 Å². The van der Waals surface area contributed by atoms with E-state index < -0.39 is 28.5 Å². The molecule has 1 N–H and O–H groups in total. The highest BCUT2D eigenvalue weighted by molar-refractivity contribution is 7.92. The van der Waals surface area contributed by atoms with Crippen LogP contribution < -0.4 is 14.4 Å². The van der Waals surface area contributed by atoms with Crippen molar-refractivity contribution in [3.63, 3.8) is 0 Å². The van der Waals surface area contributed by atoms with E-state index in [0.717, 1.165) is 30.0 Å². The zero-order valence-electron chi connectivity index (χ0n) is 23.6. The van der Waals surface area contributed by atoms with Crippen LogP contribution >= 0.6 is 23.2 Å². The standard InChI is InChI=1S/C31H35Cl2N3O5S/c1-3-41-29-19-10-9-18-28(29)36(42(39,40)24-14-5-4-6-15-24)21-30(37)35(20-25-26(32)16-11-17-27(25)33)22(2)31(38)34-23-12-7-8-13-23/h4-6,9-11,14-19,22-23H,3,7-8,12-13,20-21H2,1-2H3,(H,34,38)/t22-/m0/s1. The molecule has 1 saturated carbocycles. The molecule has 0 spiro atoms. The van der Waals surface area contributed by atoms with Gasteiger partial charge in [-0.25, -0.2) is 8.42 Å². The summed E-state index contributed by atoms with van der Waals surface area (Å²) in [5.41, 5.74) is 0.664. The lowest BCUT2D eigenvalue weighted by molar-refractivity contribution is -0.139. The number of ether oxygens (including phenoxy) is 1. The Labute approximate surface area is 257 Å². The third-order valence-electron chi connectivity index (χ3n) is 7.30. The molecule has 0 aliphatic heterocycles. The summed E-state index contributed by atoms with van der Waals surface area (Å²) in [6.07, 6.45) is 3.81. The molecule has 1 aliphatic carbocycles. The molecular formula is C31H35Cl2N3O5S. The lowest BCUT2D eigenvalue weighted by Crippen LogP contribution is -2.52. The maximum atomic E-state index is 14.2. The van der Waals surface area contributed by atoms with Gasteiger partial charge in [-0.3, -0.25) is 13.9 Å². The zero-order chi connectivity index (χ0) is 30.3. The van der Waals surface area contributed by atoms with E-state index in [1.165, 1.54) is 17.0 Å². The van der Waals surface area contributed by atoms with E-state index in [2.05, 4.69) is 5.32 Å². The molecule has 3 aromatic rings. The summed E-state index contributed by atoms with van der Waals surface area (Å²) in [4.78, 5) is 28.9. The van der Waals surface area contributed by atoms with Gasteiger partial charge in [0.1, 0.15) is 18.3 Å². The predicted molar refractivity (Wildman–Crippen MR) is 165 cm³/mol. The van der Waals surface area contributed by atoms with Crippen molar-refractivity contribution in [3.05, 3.63) is 88.4 Å². The van der Waals surface area contributed by atoms with Crippen molar-refractivity contribution in [2.75, 3.05) is 17.5 Å². The number of amides is 2. The molecule has 0 aromatic heterocycles. The highest BCUT2D eigenvalue weighted by Crippen LogP contribution is 2.33. The first-order valence-corrected chi connectivity index (χ1v) is 16.2. The van der Waals surface area contributed by atoms with Crippen molar-refractivity contribution in [2.24, 2.45) is 0 Å². The van der Waals surface area contributed by atoms with Gasteiger partial charge in [-0.15, -0.1) is 0 Å². The number of anilines is 1. The van der Waals surface area contributed by atoms with Crippen molar-refractivity contribution < 1.29 is 22.7 Å². The fourth-order valence-electron chi connectivity index (χ4n) is 5.00. The minimum absolute atomic E-state index is 0.0109. The van der Waals surface area contributed by atoms with Gasteiger partial charge in [0.25, 0.3) is 10.0 Å². The van der Waals surface area contributed by atoms with Crippen LogP contribution in [0.5, 0.6) is 5.75 Å². The minimum atomic E-state index is -4.22. The summed E-state index contributed by atoms with van der Waals surface area (Å²) in [7, 11) is -4.22. The number of hydrogen-bond donors (Lipinski definition) is 1. The average molecular weight is 633 g/mol. The fourth-order valence-corrected chi connectivity index (χ4v) is 6.96. The number of nitrogens with zero attached hydrogens (tertiary/aromatic N) is 2. The third-order valence-corrected chi connectivity index (χ3v) is 9.79. The number of hydrogen-bond acceptors (Lipinski definition) is 5. The number of nitrogens with one attached hydrogen (secondary N) is 1. The number of para-hydroxylation sites is 2. The van der Waals surface area contributed by atoms with Crippen LogP contribution in [0.3, 0.4) is 0 Å². The Balaban J connectivity index is 1.75. The number of carbonyl (C=O) groups is 2. The number of halogens is 2. The smallest absolute Gasteiger partial charge is 0.264 e. The molecule has 0 radical (unpaired) electrons. The first-order valence-electron chi connectivity index (χ1n) is 14.0. The van der Waals surface area contributed by atoms with E-state index in [0.29, 0.717) is 28.0 Å². The van der Waals surface area contributed by atoms with Gasteiger partial charge in [0.15, 0.2) is 0 Å². The van der Waals surface area contributed by atoms with Crippen LogP contribution in [0, 0.1) is 0 Å². The molecule has 42 heavy (non-hydrogen) atoms. The SMILES string of the molecule is CCOc1ccccc1N(CC(=O)N(Cc1c(Cl)cccc1Cl)[C@@H](C)C(=O)NC1CCCC1)S(=O)(=O)c1ccccc1. The second-order valence-electron chi connectivity index (χ2n) is 10.1. The molecule has 1 aliphatic rings. The van der Waals surface area contributed by atoms with Gasteiger partial charge in [-0.1, -0.05) is 72.4 Å². The monoisotopic (exact) mass is 631 g/mol. The first-order chi connectivity index (χ1) is 20.1. The van der Waals surface area contributed by atoms with Crippen LogP contribution in [0.4, 0.5) is 5.69 Å². The van der Waals surface area contributed by atoms with Crippen molar-refractivity contribution >= 4 is 50.7 Å². The molecule has 1 atom stereocenters. The van der Waals surface area contributed by atoms with Crippen LogP contribution in [0.25, 0.3) is 0 Å². The Hall–Kier alpha value is -3.27. The van der Waals surface area contributed by atoms with Crippen LogP contribution in [0.2, 0.25) is 10.0 Å². The Kier molecular flexibility index (Phi) is 10.8. The molecule has 11 heteroatoms. The molecule has 0 heterocycles. The average Bonchev–Trinajstić information content (AvgIpc) is 3.49. The van der Waals surface area contributed by atoms with Crippen molar-refractivity contribution in [2.45, 2.75) is 63.1 Å². The van der Waals surface area contributed by atoms with E-state index in [1.54, 1.807) is 74.5 Å². The zero-order valence-corrected chi connectivity index (χ0v) is 26.0. The summed E-state index contributed by atoms with van der Waals surface area (Å²) >= 11 is 12.9. The van der Waals surface area contributed by atoms with Crippen LogP contribution in [-0.2, 0) is 26.2 Å². The van der Waals surface area contributed by atoms with Gasteiger partial charge >= 0.3 is 0 Å². The Morgan fingerprint density at radius 1 is 0.952 bits per heavy atom. The summed E-state index contributed by atoms with van der Waals surface area (Å²) in [6, 6.07) is 18.6. The second kappa shape index (κ2) is 14.3. The van der Waals surface area contributed by atoms with Crippen molar-refractivity contribution in [1.29, 1.82) is 0 Å². The van der Waals surface area contributed by atoms with Gasteiger partial charge in [0.05, 0.1) is 17.2 Å². The Morgan fingerprint density at radius 2 is 1.57 bits per heavy atom. The summed E-state index contributed by atoms with van der Waals surface area (Å²) in [6.45, 7) is 3.02. The minimum Gasteiger partial charge on any atom is -0.492 e. The van der Waals surface area contributed by atoms with E-state index in [4.69, 9.17) is 27.9 Å². The van der Waals surface area contributed by atoms with Gasteiger partial charge in [0.2, 0.25) is 11.8 Å². The Bertz CT molecular complexity index is 1480. The van der Waals surface area contributed by atoms with Gasteiger partial charge in [-0.2, -0.15) is 0 Å². The first kappa shape index (κ1) is 31.7. The molecule has 0 unspecified atom stereocenters. The normalized spacial score (nSPS) is 14.3. The molecule has 8 nitrogen and oxygen atoms in total. The molecule has 1 fully saturated rings. The van der Waals surface area contributed by atoms with E-state index in [9.17, 15) is 18.0 Å². The lowest BCUT2D eigenvalue weighted by Gasteiger charge is -2.33. The molecular weight excluding hydrogens is 597 g/mol. The van der Waals surface area contributed by atoms with E-state index in [-0.39, 0.29) is 29.1 Å². The lowest BCUT2D eigenvalue weighted by atomic mass is 10.1. The quantitative estimate of drug-likeness (QED) is 0.262. The number of sulfonamides is 1. The largest absolute Gasteiger partial charge is 0.492 e. The van der Waals surface area contributed by atoms with Crippen LogP contribution in [0.1, 0.15) is 45.1 Å². The predicted octanol–water partition coefficient (Wildman–Crippen LogP) is 6.06. The van der Waals surface area contributed by atoms with Crippen LogP contribution in [0.15, 0.2) is 77.7 Å². The van der Waals surface area contributed by atoms with E-state index >= 15 is 0 Å². The summed E-state index contributed by atoms with van der Waals surface area (Å²) in [5.74, 6) is -0.628. The summed E-state index contributed by atoms with van der Waals surface area (Å²) in [5, 5.41) is 3.71. The molecule has 4 rings (SSSR count). The summed E-state index contributed by atoms with van der Waals surface area (Å²) < 4.78 is 34.8. The van der Waals surface area contributed by atoms with Gasteiger partial charge in [0, 0.05) is 28.2 Å². The van der Waals surface area contributed by atoms with Gasteiger partial charge in [-0.05, 0) is 63.1 Å². The third kappa shape index (κ3) is 7.38. The maximum Gasteiger partial charge on any atom is 0.264 e. The van der Waals surface area contributed by atoms with E-state index in [1.807, 2.05) is 0 Å². The molecule has 224 valence electrons. The fraction of sp³-hybridized carbons (Fsp3) is 0.355. The maximum absolute atomic E-state index is 14.2. The Morgan fingerprint density at radius 3 is 2.21 bits per heavy atom. The highest BCUT2D eigenvalue weighted by Gasteiger charge is 2.35. The number of carbonyl (C=O) groups excluding carboxylic acids is 2. The number of rotatable bonds is 12. The van der Waals surface area contributed by atoms with Gasteiger partial charge < -0.3 is 15.0 Å². The number of benzene rings is 3. The highest BCUT2D eigenvalue weighted by atomic mass is 35.5. The second-order valence-corrected chi connectivity index (χ2v) is 12.8. The molecule has 3 aromatic carbocycles. The molecule has 2 amide bonds. The topological polar surface area (TPSA) is 96.0 Å². The van der Waals surface area contributed by atoms with Crippen LogP contribution in [-0.4, -0.2) is 50.4 Å².